The molecule has 0 fully saturated rings. The summed E-state index contributed by atoms with van der Waals surface area (Å²) in [6.45, 7) is 3.53. The second kappa shape index (κ2) is 7.05. The summed E-state index contributed by atoms with van der Waals surface area (Å²) < 4.78 is 32.1. The van der Waals surface area contributed by atoms with Crippen LogP contribution in [0.2, 0.25) is 5.02 Å². The smallest absolute Gasteiger partial charge is 0.321 e. The molecule has 0 aliphatic rings. The first-order chi connectivity index (χ1) is 9.34. The van der Waals surface area contributed by atoms with Gasteiger partial charge in [-0.2, -0.15) is 9.40 Å². The van der Waals surface area contributed by atoms with Crippen LogP contribution in [0.5, 0.6) is 0 Å². The van der Waals surface area contributed by atoms with Gasteiger partial charge in [0.1, 0.15) is 6.54 Å². The van der Waals surface area contributed by atoms with E-state index in [-0.39, 0.29) is 29.7 Å². The van der Waals surface area contributed by atoms with Gasteiger partial charge in [-0.1, -0.05) is 18.5 Å². The van der Waals surface area contributed by atoms with Crippen LogP contribution in [0.15, 0.2) is 11.2 Å². The topological polar surface area (TPSA) is 81.5 Å². The fourth-order valence-electron chi connectivity index (χ4n) is 1.70. The van der Waals surface area contributed by atoms with Crippen LogP contribution in [0.25, 0.3) is 0 Å². The summed E-state index contributed by atoms with van der Waals surface area (Å²) in [5.41, 5.74) is 0. The number of ether oxygens (including phenoxy) is 1. The number of aromatic nitrogens is 2. The highest BCUT2D eigenvalue weighted by Crippen LogP contribution is 2.23. The second-order valence-electron chi connectivity index (χ2n) is 4.06. The highest BCUT2D eigenvalue weighted by atomic mass is 35.5. The molecular formula is C11H18ClN3O4S. The quantitative estimate of drug-likeness (QED) is 0.700. The SMILES string of the molecule is CCCN(CC(=O)OCC)S(=O)(=O)c1c(Cl)cnn1C. The van der Waals surface area contributed by atoms with Gasteiger partial charge in [0.2, 0.25) is 0 Å². The zero-order valence-corrected chi connectivity index (χ0v) is 13.2. The minimum absolute atomic E-state index is 0.0254. The summed E-state index contributed by atoms with van der Waals surface area (Å²) in [4.78, 5) is 11.5. The number of hydrogen-bond acceptors (Lipinski definition) is 5. The van der Waals surface area contributed by atoms with E-state index in [1.165, 1.54) is 17.9 Å². The van der Waals surface area contributed by atoms with E-state index in [0.717, 1.165) is 4.31 Å². The molecule has 0 radical (unpaired) electrons. The van der Waals surface area contributed by atoms with Crippen LogP contribution in [0.3, 0.4) is 0 Å². The van der Waals surface area contributed by atoms with Crippen LogP contribution >= 0.6 is 11.6 Å². The normalized spacial score (nSPS) is 11.8. The maximum absolute atomic E-state index is 12.5. The first-order valence-corrected chi connectivity index (χ1v) is 7.99. The Bertz CT molecular complexity index is 551. The zero-order valence-electron chi connectivity index (χ0n) is 11.7. The average Bonchev–Trinajstić information content (AvgIpc) is 2.69. The Morgan fingerprint density at radius 1 is 1.50 bits per heavy atom. The highest BCUT2D eigenvalue weighted by Gasteiger charge is 2.31. The monoisotopic (exact) mass is 323 g/mol. The lowest BCUT2D eigenvalue weighted by Gasteiger charge is -2.20. The van der Waals surface area contributed by atoms with Crippen LogP contribution in [0, 0.1) is 0 Å². The van der Waals surface area contributed by atoms with Crippen molar-refractivity contribution in [3.05, 3.63) is 11.2 Å². The van der Waals surface area contributed by atoms with E-state index in [1.807, 2.05) is 6.92 Å². The molecule has 0 N–H and O–H groups in total. The molecule has 1 heterocycles. The van der Waals surface area contributed by atoms with Gasteiger partial charge in [-0.15, -0.1) is 0 Å². The van der Waals surface area contributed by atoms with Gasteiger partial charge in [-0.3, -0.25) is 9.48 Å². The number of nitrogens with zero attached hydrogens (tertiary/aromatic N) is 3. The van der Waals surface area contributed by atoms with Crippen LogP contribution in [0.1, 0.15) is 20.3 Å². The van der Waals surface area contributed by atoms with Crippen LogP contribution < -0.4 is 0 Å². The Balaban J connectivity index is 3.10. The second-order valence-corrected chi connectivity index (χ2v) is 6.33. The van der Waals surface area contributed by atoms with Crippen LogP contribution in [-0.2, 0) is 26.6 Å². The number of rotatable bonds is 7. The van der Waals surface area contributed by atoms with Gasteiger partial charge >= 0.3 is 5.97 Å². The summed E-state index contributed by atoms with van der Waals surface area (Å²) in [7, 11) is -2.41. The van der Waals surface area contributed by atoms with E-state index in [0.29, 0.717) is 6.42 Å². The van der Waals surface area contributed by atoms with Crippen molar-refractivity contribution in [1.29, 1.82) is 0 Å². The molecule has 20 heavy (non-hydrogen) atoms. The molecule has 0 spiro atoms. The van der Waals surface area contributed by atoms with Crippen molar-refractivity contribution in [2.75, 3.05) is 19.7 Å². The highest BCUT2D eigenvalue weighted by molar-refractivity contribution is 7.89. The number of hydrogen-bond donors (Lipinski definition) is 0. The minimum Gasteiger partial charge on any atom is -0.465 e. The molecule has 7 nitrogen and oxygen atoms in total. The predicted octanol–water partition coefficient (Wildman–Crippen LogP) is 1.04. The lowest BCUT2D eigenvalue weighted by Crippen LogP contribution is -2.38. The van der Waals surface area contributed by atoms with Crippen molar-refractivity contribution in [1.82, 2.24) is 14.1 Å². The molecule has 0 bridgehead atoms. The van der Waals surface area contributed by atoms with Gasteiger partial charge in [0.25, 0.3) is 10.0 Å². The maximum Gasteiger partial charge on any atom is 0.321 e. The van der Waals surface area contributed by atoms with E-state index >= 15 is 0 Å². The molecule has 114 valence electrons. The lowest BCUT2D eigenvalue weighted by atomic mass is 10.5. The molecule has 0 saturated heterocycles. The summed E-state index contributed by atoms with van der Waals surface area (Å²) in [6.07, 6.45) is 1.82. The molecule has 0 aliphatic heterocycles. The molecule has 9 heteroatoms. The molecule has 0 atom stereocenters. The zero-order chi connectivity index (χ0) is 15.3. The van der Waals surface area contributed by atoms with Gasteiger partial charge in [0.15, 0.2) is 5.03 Å². The molecule has 0 saturated carbocycles. The van der Waals surface area contributed by atoms with Gasteiger partial charge in [0, 0.05) is 13.6 Å². The van der Waals surface area contributed by atoms with Crippen LogP contribution in [-0.4, -0.2) is 48.2 Å². The molecule has 1 aromatic rings. The molecular weight excluding hydrogens is 306 g/mol. The molecule has 1 aromatic heterocycles. The summed E-state index contributed by atoms with van der Waals surface area (Å²) in [5, 5.41) is 3.70. The standard InChI is InChI=1S/C11H18ClN3O4S/c1-4-6-15(8-10(16)19-5-2)20(17,18)11-9(12)7-13-14(11)3/h7H,4-6,8H2,1-3H3. The van der Waals surface area contributed by atoms with E-state index < -0.39 is 16.0 Å². The molecule has 0 unspecified atom stereocenters. The number of sulfonamides is 1. The van der Waals surface area contributed by atoms with Gasteiger partial charge < -0.3 is 4.74 Å². The maximum atomic E-state index is 12.5. The third-order valence-corrected chi connectivity index (χ3v) is 4.86. The Kier molecular flexibility index (Phi) is 5.97. The van der Waals surface area contributed by atoms with E-state index in [1.54, 1.807) is 6.92 Å². The Hall–Kier alpha value is -1.12. The van der Waals surface area contributed by atoms with Gasteiger partial charge in [-0.05, 0) is 13.3 Å². The van der Waals surface area contributed by atoms with Crippen molar-refractivity contribution in [2.24, 2.45) is 7.05 Å². The van der Waals surface area contributed by atoms with E-state index in [4.69, 9.17) is 16.3 Å². The van der Waals surface area contributed by atoms with E-state index in [9.17, 15) is 13.2 Å². The van der Waals surface area contributed by atoms with Gasteiger partial charge in [-0.25, -0.2) is 8.42 Å². The Morgan fingerprint density at radius 2 is 2.15 bits per heavy atom. The van der Waals surface area contributed by atoms with Crippen molar-refractivity contribution in [3.63, 3.8) is 0 Å². The first-order valence-electron chi connectivity index (χ1n) is 6.17. The molecule has 0 amide bonds. The van der Waals surface area contributed by atoms with Crippen molar-refractivity contribution in [2.45, 2.75) is 25.3 Å². The number of esters is 1. The predicted molar refractivity (Wildman–Crippen MR) is 73.9 cm³/mol. The van der Waals surface area contributed by atoms with Crippen molar-refractivity contribution in [3.8, 4) is 0 Å². The fourth-order valence-corrected chi connectivity index (χ4v) is 3.78. The third kappa shape index (κ3) is 3.71. The fraction of sp³-hybridized carbons (Fsp3) is 0.636. The van der Waals surface area contributed by atoms with E-state index in [2.05, 4.69) is 5.10 Å². The molecule has 1 rings (SSSR count). The van der Waals surface area contributed by atoms with Crippen molar-refractivity contribution < 1.29 is 17.9 Å². The minimum atomic E-state index is -3.89. The van der Waals surface area contributed by atoms with Crippen LogP contribution in [0.4, 0.5) is 0 Å². The molecule has 0 aliphatic carbocycles. The number of carbonyl (C=O) groups excluding carboxylic acids is 1. The number of halogens is 1. The largest absolute Gasteiger partial charge is 0.465 e. The molecule has 0 aromatic carbocycles. The summed E-state index contributed by atoms with van der Waals surface area (Å²) in [6, 6.07) is 0. The Morgan fingerprint density at radius 3 is 2.60 bits per heavy atom. The summed E-state index contributed by atoms with van der Waals surface area (Å²) in [5.74, 6) is -0.595. The lowest BCUT2D eigenvalue weighted by molar-refractivity contribution is -0.143. The number of carbonyl (C=O) groups is 1. The number of aryl methyl sites for hydroxylation is 1. The Labute approximate surface area is 123 Å². The first kappa shape index (κ1) is 16.9. The van der Waals surface area contributed by atoms with Gasteiger partial charge in [0.05, 0.1) is 17.8 Å². The summed E-state index contributed by atoms with van der Waals surface area (Å²) >= 11 is 5.87. The average molecular weight is 324 g/mol. The van der Waals surface area contributed by atoms with Crippen molar-refractivity contribution >= 4 is 27.6 Å². The third-order valence-electron chi connectivity index (χ3n) is 2.51.